The molecule has 0 fully saturated rings. The van der Waals surface area contributed by atoms with E-state index in [2.05, 4.69) is 10.3 Å². The molecule has 5 nitrogen and oxygen atoms in total. The lowest BCUT2D eigenvalue weighted by Gasteiger charge is -2.22. The Bertz CT molecular complexity index is 753. The lowest BCUT2D eigenvalue weighted by Crippen LogP contribution is -2.30. The zero-order valence-electron chi connectivity index (χ0n) is 12.3. The van der Waals surface area contributed by atoms with Gasteiger partial charge in [-0.2, -0.15) is 0 Å². The average Bonchev–Trinajstić information content (AvgIpc) is 3.00. The summed E-state index contributed by atoms with van der Waals surface area (Å²) in [6, 6.07) is 19.5. The second kappa shape index (κ2) is 6.22. The van der Waals surface area contributed by atoms with Gasteiger partial charge in [0.05, 0.1) is 12.7 Å². The minimum atomic E-state index is -0.164. The number of carbonyl (C=O) groups is 1. The highest BCUT2D eigenvalue weighted by Gasteiger charge is 2.20. The van der Waals surface area contributed by atoms with Crippen molar-refractivity contribution in [3.05, 3.63) is 78.1 Å². The van der Waals surface area contributed by atoms with Crippen molar-refractivity contribution in [2.75, 3.05) is 4.90 Å². The molecule has 0 saturated heterocycles. The maximum Gasteiger partial charge on any atom is 0.280 e. The first-order chi connectivity index (χ1) is 10.7. The van der Waals surface area contributed by atoms with Crippen LogP contribution in [-0.2, 0) is 13.6 Å². The number of nitrogens with zero attached hydrogens (tertiary/aromatic N) is 4. The van der Waals surface area contributed by atoms with Gasteiger partial charge in [0.1, 0.15) is 0 Å². The lowest BCUT2D eigenvalue weighted by atomic mass is 10.2. The van der Waals surface area contributed by atoms with E-state index in [1.165, 1.54) is 4.68 Å². The molecule has 0 aliphatic carbocycles. The van der Waals surface area contributed by atoms with E-state index < -0.39 is 0 Å². The summed E-state index contributed by atoms with van der Waals surface area (Å²) < 4.78 is 1.53. The molecule has 0 N–H and O–H groups in total. The molecule has 1 amide bonds. The summed E-state index contributed by atoms with van der Waals surface area (Å²) in [7, 11) is 1.74. The van der Waals surface area contributed by atoms with Gasteiger partial charge in [0, 0.05) is 12.7 Å². The van der Waals surface area contributed by atoms with Gasteiger partial charge in [-0.05, 0) is 17.7 Å². The highest BCUT2D eigenvalue weighted by atomic mass is 16.2. The second-order valence-electron chi connectivity index (χ2n) is 4.99. The Balaban J connectivity index is 1.94. The minimum absolute atomic E-state index is 0.164. The van der Waals surface area contributed by atoms with Crippen LogP contribution >= 0.6 is 0 Å². The third-order valence-corrected chi connectivity index (χ3v) is 3.32. The Kier molecular flexibility index (Phi) is 3.96. The van der Waals surface area contributed by atoms with Crippen LogP contribution in [0.1, 0.15) is 16.1 Å². The van der Waals surface area contributed by atoms with E-state index in [9.17, 15) is 4.79 Å². The van der Waals surface area contributed by atoms with Crippen LogP contribution in [0, 0.1) is 0 Å². The van der Waals surface area contributed by atoms with Crippen LogP contribution in [-0.4, -0.2) is 20.9 Å². The Labute approximate surface area is 128 Å². The zero-order chi connectivity index (χ0) is 15.4. The summed E-state index contributed by atoms with van der Waals surface area (Å²) in [6.45, 7) is 0.486. The van der Waals surface area contributed by atoms with Gasteiger partial charge in [0.15, 0.2) is 5.69 Å². The molecule has 0 spiro atoms. The van der Waals surface area contributed by atoms with Crippen LogP contribution in [0.3, 0.4) is 0 Å². The van der Waals surface area contributed by atoms with Gasteiger partial charge in [-0.3, -0.25) is 9.48 Å². The van der Waals surface area contributed by atoms with Gasteiger partial charge >= 0.3 is 0 Å². The van der Waals surface area contributed by atoms with Crippen LogP contribution in [0.15, 0.2) is 66.9 Å². The number of para-hydroxylation sites is 1. The fourth-order valence-electron chi connectivity index (χ4n) is 2.24. The van der Waals surface area contributed by atoms with E-state index in [1.807, 2.05) is 60.7 Å². The maximum atomic E-state index is 12.8. The third kappa shape index (κ3) is 3.03. The highest BCUT2D eigenvalue weighted by Crippen LogP contribution is 2.19. The molecular formula is C17H16N4O. The maximum absolute atomic E-state index is 12.8. The number of amides is 1. The van der Waals surface area contributed by atoms with E-state index in [0.29, 0.717) is 12.2 Å². The van der Waals surface area contributed by atoms with Gasteiger partial charge in [0.25, 0.3) is 5.91 Å². The number of aromatic nitrogens is 3. The number of aryl methyl sites for hydroxylation is 1. The predicted octanol–water partition coefficient (Wildman–Crippen LogP) is 2.66. The quantitative estimate of drug-likeness (QED) is 0.743. The SMILES string of the molecule is Cn1cc(C(=O)N(Cc2ccccc2)c2ccccc2)nn1. The van der Waals surface area contributed by atoms with Crippen LogP contribution < -0.4 is 4.90 Å². The van der Waals surface area contributed by atoms with E-state index in [4.69, 9.17) is 0 Å². The molecule has 1 aromatic heterocycles. The van der Waals surface area contributed by atoms with Crippen LogP contribution in [0.2, 0.25) is 0 Å². The van der Waals surface area contributed by atoms with Crippen molar-refractivity contribution in [1.29, 1.82) is 0 Å². The van der Waals surface area contributed by atoms with Crippen molar-refractivity contribution in [2.45, 2.75) is 6.54 Å². The monoisotopic (exact) mass is 292 g/mol. The topological polar surface area (TPSA) is 51.0 Å². The van der Waals surface area contributed by atoms with E-state index in [-0.39, 0.29) is 5.91 Å². The molecule has 3 aromatic rings. The zero-order valence-corrected chi connectivity index (χ0v) is 12.3. The summed E-state index contributed by atoms with van der Waals surface area (Å²) in [5.41, 5.74) is 2.23. The van der Waals surface area contributed by atoms with Gasteiger partial charge in [-0.1, -0.05) is 53.7 Å². The van der Waals surface area contributed by atoms with Gasteiger partial charge in [-0.15, -0.1) is 5.10 Å². The summed E-state index contributed by atoms with van der Waals surface area (Å²) in [5, 5.41) is 7.77. The molecule has 0 bridgehead atoms. The third-order valence-electron chi connectivity index (χ3n) is 3.32. The molecular weight excluding hydrogens is 276 g/mol. The number of benzene rings is 2. The normalized spacial score (nSPS) is 10.4. The van der Waals surface area contributed by atoms with Crippen molar-refractivity contribution < 1.29 is 4.79 Å². The van der Waals surface area contributed by atoms with Crippen molar-refractivity contribution in [3.8, 4) is 0 Å². The minimum Gasteiger partial charge on any atom is -0.303 e. The lowest BCUT2D eigenvalue weighted by molar-refractivity contribution is 0.0980. The first-order valence-corrected chi connectivity index (χ1v) is 7.01. The molecule has 22 heavy (non-hydrogen) atoms. The summed E-state index contributed by atoms with van der Waals surface area (Å²) in [5.74, 6) is -0.164. The molecule has 110 valence electrons. The molecule has 0 saturated carbocycles. The smallest absolute Gasteiger partial charge is 0.280 e. The first-order valence-electron chi connectivity index (χ1n) is 7.01. The van der Waals surface area contributed by atoms with Gasteiger partial charge in [0.2, 0.25) is 0 Å². The molecule has 0 radical (unpaired) electrons. The molecule has 5 heteroatoms. The van der Waals surface area contributed by atoms with Crippen molar-refractivity contribution in [3.63, 3.8) is 0 Å². The molecule has 0 aliphatic heterocycles. The summed E-state index contributed by atoms with van der Waals surface area (Å²) in [6.07, 6.45) is 1.63. The Morgan fingerprint density at radius 3 is 2.27 bits per heavy atom. The van der Waals surface area contributed by atoms with Gasteiger partial charge < -0.3 is 4.90 Å². The van der Waals surface area contributed by atoms with Crippen LogP contribution in [0.4, 0.5) is 5.69 Å². The molecule has 3 rings (SSSR count). The van der Waals surface area contributed by atoms with Crippen LogP contribution in [0.25, 0.3) is 0 Å². The summed E-state index contributed by atoms with van der Waals surface area (Å²) >= 11 is 0. The highest BCUT2D eigenvalue weighted by molar-refractivity contribution is 6.04. The summed E-state index contributed by atoms with van der Waals surface area (Å²) in [4.78, 5) is 14.5. The number of hydrogen-bond donors (Lipinski definition) is 0. The Morgan fingerprint density at radius 1 is 1.05 bits per heavy atom. The fourth-order valence-corrected chi connectivity index (χ4v) is 2.24. The van der Waals surface area contributed by atoms with E-state index >= 15 is 0 Å². The molecule has 0 atom stereocenters. The number of carbonyl (C=O) groups excluding carboxylic acids is 1. The van der Waals surface area contributed by atoms with E-state index in [0.717, 1.165) is 11.3 Å². The molecule has 2 aromatic carbocycles. The predicted molar refractivity (Wildman–Crippen MR) is 84.4 cm³/mol. The second-order valence-corrected chi connectivity index (χ2v) is 4.99. The Morgan fingerprint density at radius 2 is 1.68 bits per heavy atom. The number of rotatable bonds is 4. The fraction of sp³-hybridized carbons (Fsp3) is 0.118. The molecule has 0 aliphatic rings. The van der Waals surface area contributed by atoms with E-state index in [1.54, 1.807) is 18.1 Å². The largest absolute Gasteiger partial charge is 0.303 e. The van der Waals surface area contributed by atoms with Crippen molar-refractivity contribution in [2.24, 2.45) is 7.05 Å². The number of anilines is 1. The molecule has 1 heterocycles. The average molecular weight is 292 g/mol. The Hall–Kier alpha value is -2.95. The van der Waals surface area contributed by atoms with Crippen molar-refractivity contribution in [1.82, 2.24) is 15.0 Å². The standard InChI is InChI=1S/C17H16N4O/c1-20-13-16(18-19-20)17(22)21(15-10-6-3-7-11-15)12-14-8-4-2-5-9-14/h2-11,13H,12H2,1H3. The van der Waals surface area contributed by atoms with Crippen molar-refractivity contribution >= 4 is 11.6 Å². The van der Waals surface area contributed by atoms with Gasteiger partial charge in [-0.25, -0.2) is 0 Å². The molecule has 0 unspecified atom stereocenters. The first kappa shape index (κ1) is 14.0. The van der Waals surface area contributed by atoms with Crippen LogP contribution in [0.5, 0.6) is 0 Å². The number of hydrogen-bond acceptors (Lipinski definition) is 3.